The number of anilines is 1. The van der Waals surface area contributed by atoms with E-state index in [1.807, 2.05) is 42.5 Å². The summed E-state index contributed by atoms with van der Waals surface area (Å²) in [5.74, 6) is 1.05. The molecule has 0 amide bonds. The van der Waals surface area contributed by atoms with Gasteiger partial charge in [0.25, 0.3) is 0 Å². The second-order valence-corrected chi connectivity index (χ2v) is 10.2. The third-order valence-corrected chi connectivity index (χ3v) is 6.65. The first-order valence-corrected chi connectivity index (χ1v) is 12.6. The van der Waals surface area contributed by atoms with Gasteiger partial charge < -0.3 is 14.4 Å². The molecular formula is C26H31N5O3S. The van der Waals surface area contributed by atoms with E-state index in [-0.39, 0.29) is 17.0 Å². The number of carbonyl (C=O) groups excluding carboxylic acids is 1. The van der Waals surface area contributed by atoms with Gasteiger partial charge in [0.1, 0.15) is 12.1 Å². The summed E-state index contributed by atoms with van der Waals surface area (Å²) in [6.45, 7) is 9.21. The van der Waals surface area contributed by atoms with Crippen LogP contribution < -0.4 is 9.64 Å². The van der Waals surface area contributed by atoms with Crippen molar-refractivity contribution in [2.45, 2.75) is 31.3 Å². The molecule has 0 bridgehead atoms. The molecule has 2 aromatic carbocycles. The van der Waals surface area contributed by atoms with Crippen molar-refractivity contribution in [2.24, 2.45) is 5.10 Å². The number of nitrogens with zero attached hydrogens (tertiary/aromatic N) is 5. The topological polar surface area (TPSA) is 81.8 Å². The van der Waals surface area contributed by atoms with Crippen molar-refractivity contribution in [3.63, 3.8) is 0 Å². The molecule has 184 valence electrons. The molecule has 1 aliphatic heterocycles. The predicted molar refractivity (Wildman–Crippen MR) is 139 cm³/mol. The minimum atomic E-state index is -0.192. The minimum Gasteiger partial charge on any atom is -0.494 e. The van der Waals surface area contributed by atoms with E-state index >= 15 is 0 Å². The van der Waals surface area contributed by atoms with Crippen molar-refractivity contribution in [2.75, 3.05) is 44.1 Å². The second-order valence-electron chi connectivity index (χ2n) is 9.25. The van der Waals surface area contributed by atoms with Crippen LogP contribution in [0.2, 0.25) is 0 Å². The van der Waals surface area contributed by atoms with E-state index in [0.29, 0.717) is 23.9 Å². The summed E-state index contributed by atoms with van der Waals surface area (Å²) in [5.41, 5.74) is 3.38. The van der Waals surface area contributed by atoms with Crippen LogP contribution in [0.5, 0.6) is 5.75 Å². The van der Waals surface area contributed by atoms with Gasteiger partial charge in [-0.15, -0.1) is 10.2 Å². The zero-order valence-corrected chi connectivity index (χ0v) is 21.4. The molecule has 2 heterocycles. The number of ether oxygens (including phenoxy) is 2. The Morgan fingerprint density at radius 2 is 1.94 bits per heavy atom. The molecule has 0 unspecified atom stereocenters. The lowest BCUT2D eigenvalue weighted by Gasteiger charge is -2.33. The Morgan fingerprint density at radius 1 is 1.20 bits per heavy atom. The quantitative estimate of drug-likeness (QED) is 0.263. The number of rotatable bonds is 8. The number of carbonyl (C=O) groups is 1. The Morgan fingerprint density at radius 3 is 2.63 bits per heavy atom. The highest BCUT2D eigenvalue weighted by Crippen LogP contribution is 2.40. The molecule has 0 aliphatic carbocycles. The van der Waals surface area contributed by atoms with Crippen molar-refractivity contribution < 1.29 is 14.3 Å². The maximum absolute atomic E-state index is 13.3. The van der Waals surface area contributed by atoms with E-state index in [9.17, 15) is 4.79 Å². The second kappa shape index (κ2) is 11.0. The van der Waals surface area contributed by atoms with Crippen LogP contribution in [0.3, 0.4) is 0 Å². The molecular weight excluding hydrogens is 462 g/mol. The summed E-state index contributed by atoms with van der Waals surface area (Å²) in [6, 6.07) is 13.7. The Balaban J connectivity index is 1.56. The Labute approximate surface area is 210 Å². The van der Waals surface area contributed by atoms with E-state index in [0.717, 1.165) is 35.7 Å². The number of methoxy groups -OCH3 is 1. The van der Waals surface area contributed by atoms with Gasteiger partial charge in [0.15, 0.2) is 5.78 Å². The minimum absolute atomic E-state index is 0.0132. The summed E-state index contributed by atoms with van der Waals surface area (Å²) in [6.07, 6.45) is 3.27. The summed E-state index contributed by atoms with van der Waals surface area (Å²) in [5, 5.41) is 13.1. The smallest absolute Gasteiger partial charge is 0.212 e. The summed E-state index contributed by atoms with van der Waals surface area (Å²) >= 11 is 1.32. The molecule has 3 aromatic rings. The highest BCUT2D eigenvalue weighted by Gasteiger charge is 2.27. The number of benzene rings is 2. The molecule has 1 aromatic heterocycles. The van der Waals surface area contributed by atoms with E-state index in [2.05, 4.69) is 41.0 Å². The highest BCUT2D eigenvalue weighted by atomic mass is 32.2. The molecule has 0 spiro atoms. The molecule has 0 saturated carbocycles. The van der Waals surface area contributed by atoms with Gasteiger partial charge in [0.05, 0.1) is 38.0 Å². The largest absolute Gasteiger partial charge is 0.494 e. The fourth-order valence-electron chi connectivity index (χ4n) is 3.86. The molecule has 1 fully saturated rings. The van der Waals surface area contributed by atoms with Gasteiger partial charge in [-0.1, -0.05) is 62.9 Å². The van der Waals surface area contributed by atoms with E-state index < -0.39 is 0 Å². The number of hydrogen-bond donors (Lipinski definition) is 0. The molecule has 0 atom stereocenters. The van der Waals surface area contributed by atoms with Crippen molar-refractivity contribution in [3.05, 3.63) is 65.5 Å². The molecule has 8 nitrogen and oxygen atoms in total. The van der Waals surface area contributed by atoms with Gasteiger partial charge in [-0.25, -0.2) is 0 Å². The highest BCUT2D eigenvalue weighted by molar-refractivity contribution is 7.99. The first-order valence-electron chi connectivity index (χ1n) is 11.6. The molecule has 1 aliphatic rings. The van der Waals surface area contributed by atoms with E-state index in [4.69, 9.17) is 9.47 Å². The first kappa shape index (κ1) is 24.9. The van der Waals surface area contributed by atoms with Gasteiger partial charge in [0, 0.05) is 24.2 Å². The number of thioether (sulfide) groups is 1. The third kappa shape index (κ3) is 6.10. The van der Waals surface area contributed by atoms with E-state index in [1.54, 1.807) is 18.0 Å². The van der Waals surface area contributed by atoms with Crippen LogP contribution in [0.15, 0.2) is 59.0 Å². The average Bonchev–Trinajstić information content (AvgIpc) is 3.33. The number of ketones is 1. The average molecular weight is 494 g/mol. The zero-order valence-electron chi connectivity index (χ0n) is 20.6. The van der Waals surface area contributed by atoms with Crippen LogP contribution in [-0.4, -0.2) is 66.0 Å². The lowest BCUT2D eigenvalue weighted by atomic mass is 9.84. The number of Topliss-reactive ketones (excluding diaryl/α,β-unsaturated/α-hetero) is 1. The molecule has 0 radical (unpaired) electrons. The fraction of sp³-hybridized carbons (Fsp3) is 0.385. The molecule has 35 heavy (non-hydrogen) atoms. The van der Waals surface area contributed by atoms with Crippen LogP contribution in [0.4, 0.5) is 5.69 Å². The van der Waals surface area contributed by atoms with Crippen LogP contribution in [0, 0.1) is 0 Å². The standard InChI is InChI=1S/C26H31N5O3S/c1-26(2,3)21-14-20(15-22(24(21)33-4)30-10-12-34-13-11-30)23(32)17-35-25-29-27-18-31(25)28-16-19-8-6-5-7-9-19/h5-9,14-16,18H,10-13,17H2,1-4H3/b28-16+. The van der Waals surface area contributed by atoms with Gasteiger partial charge in [0.2, 0.25) is 5.16 Å². The van der Waals surface area contributed by atoms with Crippen LogP contribution >= 0.6 is 11.8 Å². The van der Waals surface area contributed by atoms with Gasteiger partial charge in [-0.3, -0.25) is 4.79 Å². The number of aromatic nitrogens is 3. The molecule has 1 saturated heterocycles. The van der Waals surface area contributed by atoms with Crippen molar-refractivity contribution in [1.29, 1.82) is 0 Å². The van der Waals surface area contributed by atoms with E-state index in [1.165, 1.54) is 18.1 Å². The normalized spacial score (nSPS) is 14.5. The Kier molecular flexibility index (Phi) is 7.87. The lowest BCUT2D eigenvalue weighted by Crippen LogP contribution is -2.37. The van der Waals surface area contributed by atoms with Gasteiger partial charge >= 0.3 is 0 Å². The molecule has 4 rings (SSSR count). The summed E-state index contributed by atoms with van der Waals surface area (Å²) in [7, 11) is 1.69. The van der Waals surface area contributed by atoms with Crippen LogP contribution in [0.25, 0.3) is 0 Å². The number of hydrogen-bond acceptors (Lipinski definition) is 8. The Bertz CT molecular complexity index is 1180. The zero-order chi connectivity index (χ0) is 24.8. The summed E-state index contributed by atoms with van der Waals surface area (Å²) in [4.78, 5) is 15.6. The van der Waals surface area contributed by atoms with Crippen molar-refractivity contribution in [1.82, 2.24) is 14.9 Å². The SMILES string of the molecule is COc1c(N2CCOCC2)cc(C(=O)CSc2nncn2/N=C/c2ccccc2)cc1C(C)(C)C. The monoisotopic (exact) mass is 493 g/mol. The third-order valence-electron chi connectivity index (χ3n) is 5.72. The van der Waals surface area contributed by atoms with Gasteiger partial charge in [-0.05, 0) is 23.1 Å². The molecule has 0 N–H and O–H groups in total. The molecule has 9 heteroatoms. The fourth-order valence-corrected chi connectivity index (χ4v) is 4.62. The van der Waals surface area contributed by atoms with Gasteiger partial charge in [-0.2, -0.15) is 9.78 Å². The lowest BCUT2D eigenvalue weighted by molar-refractivity contribution is 0.102. The Hall–Kier alpha value is -3.17. The van der Waals surface area contributed by atoms with Crippen molar-refractivity contribution >= 4 is 29.4 Å². The maximum atomic E-state index is 13.3. The number of morpholine rings is 1. The first-order chi connectivity index (χ1) is 16.9. The van der Waals surface area contributed by atoms with Crippen molar-refractivity contribution in [3.8, 4) is 5.75 Å². The van der Waals surface area contributed by atoms with Crippen LogP contribution in [-0.2, 0) is 10.2 Å². The summed E-state index contributed by atoms with van der Waals surface area (Å²) < 4.78 is 13.0. The maximum Gasteiger partial charge on any atom is 0.212 e. The predicted octanol–water partition coefficient (Wildman–Crippen LogP) is 4.28. The van der Waals surface area contributed by atoms with Crippen LogP contribution in [0.1, 0.15) is 42.3 Å².